The van der Waals surface area contributed by atoms with Gasteiger partial charge in [0.1, 0.15) is 18.3 Å². The van der Waals surface area contributed by atoms with E-state index in [1.165, 1.54) is 24.1 Å². The molecule has 0 radical (unpaired) electrons. The number of aryl methyl sites for hydroxylation is 1. The number of anilines is 1. The molecular weight excluding hydrogens is 514 g/mol. The number of hydrogen-bond donors (Lipinski definition) is 1. The molecule has 0 aromatic heterocycles. The second-order valence-corrected chi connectivity index (χ2v) is 11.2. The number of carbonyl (C=O) groups is 2. The highest BCUT2D eigenvalue weighted by Crippen LogP contribution is 2.27. The summed E-state index contributed by atoms with van der Waals surface area (Å²) in [6.07, 6.45) is 1.75. The zero-order valence-corrected chi connectivity index (χ0v) is 23.8. The second kappa shape index (κ2) is 13.8. The molecule has 0 heterocycles. The van der Waals surface area contributed by atoms with Crippen LogP contribution in [0.1, 0.15) is 37.8 Å². The summed E-state index contributed by atoms with van der Waals surface area (Å²) in [5, 5.41) is 2.89. The quantitative estimate of drug-likeness (QED) is 0.315. The Hall–Kier alpha value is -3.85. The van der Waals surface area contributed by atoms with Gasteiger partial charge in [-0.3, -0.25) is 13.9 Å². The fourth-order valence-electron chi connectivity index (χ4n) is 4.10. The number of methoxy groups -OCH3 is 1. The molecule has 2 amide bonds. The van der Waals surface area contributed by atoms with Crippen LogP contribution in [0, 0.1) is 6.92 Å². The average Bonchev–Trinajstić information content (AvgIpc) is 2.95. The molecule has 208 valence electrons. The highest BCUT2D eigenvalue weighted by Gasteiger charge is 2.32. The first kappa shape index (κ1) is 29.7. The third kappa shape index (κ3) is 7.60. The van der Waals surface area contributed by atoms with E-state index < -0.39 is 28.5 Å². The monoisotopic (exact) mass is 551 g/mol. The highest BCUT2D eigenvalue weighted by atomic mass is 32.2. The largest absolute Gasteiger partial charge is 0.497 e. The number of carbonyl (C=O) groups excluding carboxylic acids is 2. The molecule has 0 spiro atoms. The lowest BCUT2D eigenvalue weighted by Gasteiger charge is -2.32. The Bertz CT molecular complexity index is 1360. The van der Waals surface area contributed by atoms with Gasteiger partial charge >= 0.3 is 0 Å². The maximum absolute atomic E-state index is 14.0. The topological polar surface area (TPSA) is 96.0 Å². The smallest absolute Gasteiger partial charge is 0.264 e. The van der Waals surface area contributed by atoms with E-state index in [9.17, 15) is 18.0 Å². The molecule has 39 heavy (non-hydrogen) atoms. The Morgan fingerprint density at radius 3 is 2.33 bits per heavy atom. The molecule has 0 aliphatic rings. The predicted octanol–water partition coefficient (Wildman–Crippen LogP) is 4.53. The van der Waals surface area contributed by atoms with Crippen LogP contribution in [0.3, 0.4) is 0 Å². The second-order valence-electron chi connectivity index (χ2n) is 9.29. The van der Waals surface area contributed by atoms with Gasteiger partial charge in [-0.15, -0.1) is 0 Å². The molecule has 0 unspecified atom stereocenters. The van der Waals surface area contributed by atoms with Crippen molar-refractivity contribution in [2.45, 2.75) is 51.1 Å². The molecule has 0 aliphatic heterocycles. The number of rotatable bonds is 13. The van der Waals surface area contributed by atoms with Crippen LogP contribution in [0.2, 0.25) is 0 Å². The lowest BCUT2D eigenvalue weighted by molar-refractivity contribution is -0.139. The number of nitrogens with one attached hydrogen (secondary N) is 1. The van der Waals surface area contributed by atoms with Crippen molar-refractivity contribution in [3.05, 3.63) is 90.0 Å². The van der Waals surface area contributed by atoms with Gasteiger partial charge in [0.2, 0.25) is 11.8 Å². The number of nitrogens with zero attached hydrogens (tertiary/aromatic N) is 2. The van der Waals surface area contributed by atoms with E-state index in [1.54, 1.807) is 49.4 Å². The van der Waals surface area contributed by atoms with Gasteiger partial charge in [0, 0.05) is 19.2 Å². The number of sulfonamides is 1. The van der Waals surface area contributed by atoms with E-state index in [4.69, 9.17) is 4.74 Å². The summed E-state index contributed by atoms with van der Waals surface area (Å²) in [6.45, 7) is 5.80. The number of unbranched alkanes of at least 4 members (excludes halogenated alkanes) is 1. The fourth-order valence-corrected chi connectivity index (χ4v) is 5.53. The van der Waals surface area contributed by atoms with Gasteiger partial charge in [-0.1, -0.05) is 61.9 Å². The summed E-state index contributed by atoms with van der Waals surface area (Å²) >= 11 is 0. The lowest BCUT2D eigenvalue weighted by atomic mass is 10.1. The molecule has 8 nitrogen and oxygen atoms in total. The first-order valence-electron chi connectivity index (χ1n) is 13.0. The van der Waals surface area contributed by atoms with Crippen LogP contribution in [0.25, 0.3) is 0 Å². The first-order chi connectivity index (χ1) is 18.7. The van der Waals surface area contributed by atoms with E-state index in [2.05, 4.69) is 5.32 Å². The van der Waals surface area contributed by atoms with Gasteiger partial charge in [-0.25, -0.2) is 8.42 Å². The van der Waals surface area contributed by atoms with Crippen LogP contribution >= 0.6 is 0 Å². The molecule has 1 atom stereocenters. The van der Waals surface area contributed by atoms with E-state index >= 15 is 0 Å². The Labute approximate surface area is 231 Å². The van der Waals surface area contributed by atoms with Crippen molar-refractivity contribution in [1.29, 1.82) is 0 Å². The molecule has 0 fully saturated rings. The number of benzene rings is 3. The zero-order chi connectivity index (χ0) is 28.4. The summed E-state index contributed by atoms with van der Waals surface area (Å²) in [5.74, 6) is -0.336. The minimum atomic E-state index is -4.12. The van der Waals surface area contributed by atoms with E-state index in [1.807, 2.05) is 38.1 Å². The van der Waals surface area contributed by atoms with Crippen LogP contribution in [-0.2, 0) is 26.2 Å². The van der Waals surface area contributed by atoms with Gasteiger partial charge < -0.3 is 15.0 Å². The van der Waals surface area contributed by atoms with E-state index in [-0.39, 0.29) is 23.0 Å². The van der Waals surface area contributed by atoms with Gasteiger partial charge in [0.05, 0.1) is 17.7 Å². The van der Waals surface area contributed by atoms with Crippen molar-refractivity contribution in [2.75, 3.05) is 24.5 Å². The number of amides is 2. The van der Waals surface area contributed by atoms with Crippen molar-refractivity contribution in [2.24, 2.45) is 0 Å². The Balaban J connectivity index is 2.02. The van der Waals surface area contributed by atoms with Crippen molar-refractivity contribution in [3.63, 3.8) is 0 Å². The standard InChI is InChI=1S/C30H37N3O5S/c1-5-6-19-31-30(35)24(3)32(21-25-14-11-10-13-23(25)2)29(34)22-33(26-15-12-16-27(20-26)38-4)39(36,37)28-17-8-7-9-18-28/h7-18,20,24H,5-6,19,21-22H2,1-4H3,(H,31,35)/t24-/m1/s1. The van der Waals surface area contributed by atoms with Gasteiger partial charge in [0.15, 0.2) is 0 Å². The summed E-state index contributed by atoms with van der Waals surface area (Å²) in [5.41, 5.74) is 2.12. The fraction of sp³-hybridized carbons (Fsp3) is 0.333. The van der Waals surface area contributed by atoms with Crippen LogP contribution in [0.15, 0.2) is 83.8 Å². The molecule has 3 aromatic carbocycles. The zero-order valence-electron chi connectivity index (χ0n) is 23.0. The van der Waals surface area contributed by atoms with Crippen molar-refractivity contribution < 1.29 is 22.7 Å². The van der Waals surface area contributed by atoms with Crippen molar-refractivity contribution >= 4 is 27.5 Å². The summed E-state index contributed by atoms with van der Waals surface area (Å²) in [7, 11) is -2.63. The molecule has 9 heteroatoms. The SMILES string of the molecule is CCCCNC(=O)[C@@H](C)N(Cc1ccccc1C)C(=O)CN(c1cccc(OC)c1)S(=O)(=O)c1ccccc1. The minimum Gasteiger partial charge on any atom is -0.497 e. The Morgan fingerprint density at radius 1 is 0.974 bits per heavy atom. The van der Waals surface area contributed by atoms with E-state index in [0.717, 1.165) is 28.3 Å². The molecule has 3 rings (SSSR count). The van der Waals surface area contributed by atoms with Crippen LogP contribution in [0.5, 0.6) is 5.75 Å². The van der Waals surface area contributed by atoms with Crippen molar-refractivity contribution in [3.8, 4) is 5.75 Å². The third-order valence-corrected chi connectivity index (χ3v) is 8.34. The molecule has 0 bridgehead atoms. The van der Waals surface area contributed by atoms with Gasteiger partial charge in [-0.2, -0.15) is 0 Å². The number of ether oxygens (including phenoxy) is 1. The number of hydrogen-bond acceptors (Lipinski definition) is 5. The molecule has 0 saturated carbocycles. The normalized spacial score (nSPS) is 11.9. The predicted molar refractivity (Wildman–Crippen MR) is 153 cm³/mol. The minimum absolute atomic E-state index is 0.0523. The average molecular weight is 552 g/mol. The first-order valence-corrected chi connectivity index (χ1v) is 14.5. The lowest BCUT2D eigenvalue weighted by Crippen LogP contribution is -2.51. The van der Waals surface area contributed by atoms with Gasteiger partial charge in [-0.05, 0) is 55.7 Å². The van der Waals surface area contributed by atoms with Gasteiger partial charge in [0.25, 0.3) is 10.0 Å². The molecule has 3 aromatic rings. The molecular formula is C30H37N3O5S. The summed E-state index contributed by atoms with van der Waals surface area (Å²) in [6, 6.07) is 21.3. The van der Waals surface area contributed by atoms with E-state index in [0.29, 0.717) is 12.3 Å². The summed E-state index contributed by atoms with van der Waals surface area (Å²) < 4.78 is 34.0. The van der Waals surface area contributed by atoms with Crippen molar-refractivity contribution in [1.82, 2.24) is 10.2 Å². The van der Waals surface area contributed by atoms with Crippen LogP contribution in [0.4, 0.5) is 5.69 Å². The Kier molecular flexibility index (Phi) is 10.5. The van der Waals surface area contributed by atoms with Crippen LogP contribution < -0.4 is 14.4 Å². The highest BCUT2D eigenvalue weighted by molar-refractivity contribution is 7.92. The summed E-state index contributed by atoms with van der Waals surface area (Å²) in [4.78, 5) is 28.5. The Morgan fingerprint density at radius 2 is 1.67 bits per heavy atom. The molecule has 0 aliphatic carbocycles. The maximum Gasteiger partial charge on any atom is 0.264 e. The third-order valence-electron chi connectivity index (χ3n) is 6.55. The van der Waals surface area contributed by atoms with Crippen LogP contribution in [-0.4, -0.2) is 51.4 Å². The maximum atomic E-state index is 14.0. The molecule has 0 saturated heterocycles. The molecule has 1 N–H and O–H groups in total.